The zero-order valence-corrected chi connectivity index (χ0v) is 23.6. The molecule has 0 aromatic heterocycles. The summed E-state index contributed by atoms with van der Waals surface area (Å²) < 4.78 is 60.3. The molecule has 2 aromatic carbocycles. The summed E-state index contributed by atoms with van der Waals surface area (Å²) in [5.41, 5.74) is 0.364. The molecule has 4 atom stereocenters. The molecular weight excluding hydrogens is 563 g/mol. The second kappa shape index (κ2) is 11.5. The summed E-state index contributed by atoms with van der Waals surface area (Å²) in [6.07, 6.45) is -3.28. The van der Waals surface area contributed by atoms with E-state index in [1.54, 1.807) is 6.92 Å². The predicted octanol–water partition coefficient (Wildman–Crippen LogP) is 5.75. The predicted molar refractivity (Wildman–Crippen MR) is 140 cm³/mol. The van der Waals surface area contributed by atoms with Gasteiger partial charge in [0.05, 0.1) is 28.0 Å². The number of hydrogen-bond donors (Lipinski definition) is 1. The number of carbonyl (C=O) groups is 2. The van der Waals surface area contributed by atoms with Crippen molar-refractivity contribution in [1.29, 1.82) is 0 Å². The minimum atomic E-state index is -3.77. The Morgan fingerprint density at radius 2 is 1.79 bits per heavy atom. The summed E-state index contributed by atoms with van der Waals surface area (Å²) in [6, 6.07) is 5.30. The molecule has 0 bridgehead atoms. The molecule has 0 radical (unpaired) electrons. The van der Waals surface area contributed by atoms with Crippen LogP contribution in [0.15, 0.2) is 36.4 Å². The zero-order valence-electron chi connectivity index (χ0n) is 21.3. The highest BCUT2D eigenvalue weighted by Crippen LogP contribution is 2.45. The van der Waals surface area contributed by atoms with Crippen LogP contribution in [0.2, 0.25) is 10.0 Å². The summed E-state index contributed by atoms with van der Waals surface area (Å²) in [5, 5.41) is 9.30. The summed E-state index contributed by atoms with van der Waals surface area (Å²) in [5.74, 6) is -4.05. The molecule has 2 aromatic rings. The number of benzene rings is 2. The van der Waals surface area contributed by atoms with Crippen molar-refractivity contribution in [2.24, 2.45) is 0 Å². The van der Waals surface area contributed by atoms with Gasteiger partial charge in [-0.3, -0.25) is 9.59 Å². The maximum Gasteiger partial charge on any atom is 0.306 e. The van der Waals surface area contributed by atoms with E-state index in [1.165, 1.54) is 43.9 Å². The van der Waals surface area contributed by atoms with E-state index in [2.05, 4.69) is 0 Å². The Morgan fingerprint density at radius 3 is 2.32 bits per heavy atom. The Kier molecular flexibility index (Phi) is 9.13. The van der Waals surface area contributed by atoms with E-state index in [1.807, 2.05) is 0 Å². The van der Waals surface area contributed by atoms with Gasteiger partial charge in [-0.2, -0.15) is 0 Å². The number of carbonyl (C=O) groups excluding carboxylic acids is 1. The van der Waals surface area contributed by atoms with E-state index in [9.17, 15) is 31.9 Å². The quantitative estimate of drug-likeness (QED) is 0.419. The number of aliphatic carboxylic acids is 1. The first-order valence-electron chi connectivity index (χ1n) is 11.9. The molecule has 208 valence electrons. The summed E-state index contributed by atoms with van der Waals surface area (Å²) in [7, 11) is -3.77. The van der Waals surface area contributed by atoms with Crippen molar-refractivity contribution in [1.82, 2.24) is 4.90 Å². The van der Waals surface area contributed by atoms with E-state index in [0.717, 1.165) is 18.2 Å². The lowest BCUT2D eigenvalue weighted by atomic mass is 9.89. The number of carboxylic acids is 1. The minimum Gasteiger partial charge on any atom is -0.481 e. The lowest BCUT2D eigenvalue weighted by Crippen LogP contribution is -2.57. The highest BCUT2D eigenvalue weighted by Gasteiger charge is 2.48. The molecule has 7 nitrogen and oxygen atoms in total. The Labute approximate surface area is 230 Å². The van der Waals surface area contributed by atoms with Gasteiger partial charge in [-0.25, -0.2) is 17.2 Å². The van der Waals surface area contributed by atoms with Gasteiger partial charge < -0.3 is 14.7 Å². The summed E-state index contributed by atoms with van der Waals surface area (Å²) >= 11 is 12.0. The Balaban J connectivity index is 2.28. The number of halogens is 4. The van der Waals surface area contributed by atoms with Crippen molar-refractivity contribution in [2.75, 3.05) is 5.75 Å². The molecule has 1 aliphatic rings. The third-order valence-electron chi connectivity index (χ3n) is 6.50. The van der Waals surface area contributed by atoms with Gasteiger partial charge in [-0.15, -0.1) is 0 Å². The van der Waals surface area contributed by atoms with Crippen LogP contribution in [-0.2, 0) is 24.2 Å². The summed E-state index contributed by atoms with van der Waals surface area (Å²) in [6.45, 7) is 6.29. The van der Waals surface area contributed by atoms with Gasteiger partial charge in [0, 0.05) is 11.1 Å². The molecule has 12 heteroatoms. The number of ether oxygens (including phenoxy) is 1. The molecule has 38 heavy (non-hydrogen) atoms. The molecule has 1 aliphatic heterocycles. The fourth-order valence-electron chi connectivity index (χ4n) is 4.39. The van der Waals surface area contributed by atoms with Crippen molar-refractivity contribution >= 4 is 44.9 Å². The van der Waals surface area contributed by atoms with Gasteiger partial charge in [-0.1, -0.05) is 36.2 Å². The van der Waals surface area contributed by atoms with Gasteiger partial charge in [0.25, 0.3) is 5.91 Å². The van der Waals surface area contributed by atoms with Gasteiger partial charge >= 0.3 is 5.97 Å². The van der Waals surface area contributed by atoms with E-state index in [0.29, 0.717) is 0 Å². The first-order chi connectivity index (χ1) is 17.6. The van der Waals surface area contributed by atoms with Crippen LogP contribution in [0.4, 0.5) is 8.78 Å². The topological polar surface area (TPSA) is 101 Å². The molecular formula is C26H29Cl2F2NO6S. The molecule has 0 saturated carbocycles. The number of nitrogens with zero attached hydrogens (tertiary/aromatic N) is 1. The molecule has 1 N–H and O–H groups in total. The van der Waals surface area contributed by atoms with Crippen LogP contribution in [0.1, 0.15) is 63.8 Å². The van der Waals surface area contributed by atoms with Crippen molar-refractivity contribution in [3.05, 3.63) is 69.2 Å². The molecule has 0 spiro atoms. The van der Waals surface area contributed by atoms with Crippen LogP contribution < -0.4 is 0 Å². The van der Waals surface area contributed by atoms with Crippen LogP contribution in [0.25, 0.3) is 0 Å². The lowest BCUT2D eigenvalue weighted by molar-refractivity contribution is -0.182. The van der Waals surface area contributed by atoms with Gasteiger partial charge in [0.15, 0.2) is 9.84 Å². The molecule has 0 unspecified atom stereocenters. The smallest absolute Gasteiger partial charge is 0.306 e. The standard InChI is InChI=1S/C26H29Cl2F2NO6S/c1-5-18(13-38(35,36)26(2,3)4)31-23(14-6-7-19(28)20(30)10-14)24(15-8-16(27)11-17(29)9-15)37-21(25(31)34)12-22(32)33/h6-11,18,21,23-24H,5,12-13H2,1-4H3,(H,32,33)/t18-,21+,23+,24+/m0/s1. The maximum atomic E-state index is 14.6. The van der Waals surface area contributed by atoms with Gasteiger partial charge in [0.2, 0.25) is 0 Å². The Bertz CT molecular complexity index is 1310. The van der Waals surface area contributed by atoms with E-state index in [-0.39, 0.29) is 27.6 Å². The Hall–Kier alpha value is -2.27. The van der Waals surface area contributed by atoms with Gasteiger partial charge in [-0.05, 0) is 68.7 Å². The Morgan fingerprint density at radius 1 is 1.13 bits per heavy atom. The second-order valence-electron chi connectivity index (χ2n) is 10.2. The van der Waals surface area contributed by atoms with E-state index < -0.39 is 74.6 Å². The van der Waals surface area contributed by atoms with Crippen molar-refractivity contribution in [3.8, 4) is 0 Å². The molecule has 1 fully saturated rings. The third-order valence-corrected chi connectivity index (χ3v) is 9.71. The maximum absolute atomic E-state index is 14.6. The number of carboxylic acid groups (broad SMARTS) is 1. The minimum absolute atomic E-state index is 0.0187. The monoisotopic (exact) mass is 591 g/mol. The average molecular weight is 592 g/mol. The van der Waals surface area contributed by atoms with Crippen LogP contribution >= 0.6 is 23.2 Å². The first kappa shape index (κ1) is 30.3. The van der Waals surface area contributed by atoms with Crippen LogP contribution in [0.5, 0.6) is 0 Å². The largest absolute Gasteiger partial charge is 0.481 e. The van der Waals surface area contributed by atoms with E-state index in [4.69, 9.17) is 27.9 Å². The van der Waals surface area contributed by atoms with Crippen LogP contribution in [0.3, 0.4) is 0 Å². The average Bonchev–Trinajstić information content (AvgIpc) is 2.79. The van der Waals surface area contributed by atoms with E-state index >= 15 is 0 Å². The van der Waals surface area contributed by atoms with Crippen LogP contribution in [0, 0.1) is 11.6 Å². The normalized spacial score (nSPS) is 21.4. The summed E-state index contributed by atoms with van der Waals surface area (Å²) in [4.78, 5) is 26.6. The molecule has 1 heterocycles. The van der Waals surface area contributed by atoms with Crippen molar-refractivity contribution in [3.63, 3.8) is 0 Å². The number of rotatable bonds is 8. The molecule has 3 rings (SSSR count). The fraction of sp³-hybridized carbons (Fsp3) is 0.462. The molecule has 1 saturated heterocycles. The highest BCUT2D eigenvalue weighted by molar-refractivity contribution is 7.92. The molecule has 0 aliphatic carbocycles. The first-order valence-corrected chi connectivity index (χ1v) is 14.3. The van der Waals surface area contributed by atoms with Crippen molar-refractivity contribution < 1.29 is 36.6 Å². The van der Waals surface area contributed by atoms with Crippen molar-refractivity contribution in [2.45, 2.75) is 69.6 Å². The lowest BCUT2D eigenvalue weighted by Gasteiger charge is -2.48. The third kappa shape index (κ3) is 6.47. The number of hydrogen-bond acceptors (Lipinski definition) is 5. The van der Waals surface area contributed by atoms with Crippen LogP contribution in [-0.4, -0.2) is 52.9 Å². The SMILES string of the molecule is CC[C@@H](CS(=O)(=O)C(C)(C)C)N1C(=O)[C@@H](CC(=O)O)O[C@H](c2cc(F)cc(Cl)c2)[C@H]1c1ccc(Cl)c(F)c1. The number of amides is 1. The molecule has 1 amide bonds. The number of morpholine rings is 1. The fourth-order valence-corrected chi connectivity index (χ4v) is 6.14. The number of sulfone groups is 1. The zero-order chi connectivity index (χ0) is 28.6. The van der Waals surface area contributed by atoms with Gasteiger partial charge in [0.1, 0.15) is 23.8 Å². The highest BCUT2D eigenvalue weighted by atomic mass is 35.5. The second-order valence-corrected chi connectivity index (χ2v) is 13.8.